The van der Waals surface area contributed by atoms with Crippen molar-refractivity contribution in [2.45, 2.75) is 6.42 Å². The molecule has 3 aromatic carbocycles. The average molecular weight is 441 g/mol. The van der Waals surface area contributed by atoms with Crippen molar-refractivity contribution in [3.8, 4) is 5.69 Å². The van der Waals surface area contributed by atoms with Gasteiger partial charge in [0.1, 0.15) is 5.84 Å². The highest BCUT2D eigenvalue weighted by atomic mass is 15.1. The molecule has 1 aliphatic rings. The molecular formula is C30H24N4. The molecule has 0 saturated heterocycles. The van der Waals surface area contributed by atoms with Gasteiger partial charge in [-0.15, -0.1) is 0 Å². The van der Waals surface area contributed by atoms with Crippen molar-refractivity contribution in [2.24, 2.45) is 15.9 Å². The van der Waals surface area contributed by atoms with Crippen molar-refractivity contribution >= 4 is 44.8 Å². The fourth-order valence-corrected chi connectivity index (χ4v) is 4.79. The summed E-state index contributed by atoms with van der Waals surface area (Å²) in [7, 11) is 0. The lowest BCUT2D eigenvalue weighted by Gasteiger charge is -2.09. The molecule has 34 heavy (non-hydrogen) atoms. The molecular weight excluding hydrogens is 416 g/mol. The number of allylic oxidation sites excluding steroid dienone is 3. The monoisotopic (exact) mass is 440 g/mol. The first-order chi connectivity index (χ1) is 16.8. The van der Waals surface area contributed by atoms with Crippen molar-refractivity contribution in [3.63, 3.8) is 0 Å². The van der Waals surface area contributed by atoms with Gasteiger partial charge in [0, 0.05) is 52.6 Å². The SMILES string of the molecule is C=CC(=NC=CC1C=CN=CC1)n1ccc2c1ccc1c3ccccc3n(-c3ccccc3)c12. The van der Waals surface area contributed by atoms with E-state index in [2.05, 4.69) is 112 Å². The van der Waals surface area contributed by atoms with E-state index in [0.717, 1.165) is 23.5 Å². The van der Waals surface area contributed by atoms with Gasteiger partial charge >= 0.3 is 0 Å². The van der Waals surface area contributed by atoms with Crippen LogP contribution >= 0.6 is 0 Å². The number of benzene rings is 3. The minimum atomic E-state index is 0.329. The summed E-state index contributed by atoms with van der Waals surface area (Å²) >= 11 is 0. The van der Waals surface area contributed by atoms with Crippen LogP contribution in [0.2, 0.25) is 0 Å². The van der Waals surface area contributed by atoms with Gasteiger partial charge in [0.05, 0.1) is 16.6 Å². The maximum atomic E-state index is 4.73. The minimum absolute atomic E-state index is 0.329. The highest BCUT2D eigenvalue weighted by Gasteiger charge is 2.16. The number of fused-ring (bicyclic) bond motifs is 5. The van der Waals surface area contributed by atoms with Crippen LogP contribution in [0.15, 0.2) is 126 Å². The van der Waals surface area contributed by atoms with Gasteiger partial charge in [-0.3, -0.25) is 4.99 Å². The number of hydrogen-bond donors (Lipinski definition) is 0. The topological polar surface area (TPSA) is 34.6 Å². The Kier molecular flexibility index (Phi) is 5.04. The molecule has 0 aliphatic carbocycles. The Hall–Kier alpha value is -4.44. The average Bonchev–Trinajstić information content (AvgIpc) is 3.47. The molecule has 164 valence electrons. The first-order valence-electron chi connectivity index (χ1n) is 11.5. The molecule has 0 saturated carbocycles. The Morgan fingerprint density at radius 2 is 1.76 bits per heavy atom. The van der Waals surface area contributed by atoms with E-state index in [9.17, 15) is 0 Å². The molecule has 0 spiro atoms. The highest BCUT2D eigenvalue weighted by molar-refractivity contribution is 6.19. The molecule has 0 fully saturated rings. The molecule has 0 bridgehead atoms. The van der Waals surface area contributed by atoms with Gasteiger partial charge in [0.15, 0.2) is 0 Å². The second-order valence-corrected chi connectivity index (χ2v) is 8.37. The van der Waals surface area contributed by atoms with E-state index >= 15 is 0 Å². The quantitative estimate of drug-likeness (QED) is 0.208. The molecule has 5 aromatic rings. The summed E-state index contributed by atoms with van der Waals surface area (Å²) in [5, 5.41) is 3.68. The maximum Gasteiger partial charge on any atom is 0.136 e. The fourth-order valence-electron chi connectivity index (χ4n) is 4.79. The third kappa shape index (κ3) is 3.32. The van der Waals surface area contributed by atoms with E-state index < -0.39 is 0 Å². The molecule has 3 heterocycles. The van der Waals surface area contributed by atoms with Crippen LogP contribution in [0.3, 0.4) is 0 Å². The number of nitrogens with zero attached hydrogens (tertiary/aromatic N) is 4. The molecule has 2 aromatic heterocycles. The smallest absolute Gasteiger partial charge is 0.136 e. The number of aromatic nitrogens is 2. The third-order valence-electron chi connectivity index (χ3n) is 6.39. The van der Waals surface area contributed by atoms with Gasteiger partial charge in [0.25, 0.3) is 0 Å². The van der Waals surface area contributed by atoms with Crippen LogP contribution in [-0.2, 0) is 0 Å². The van der Waals surface area contributed by atoms with E-state index in [0.29, 0.717) is 5.92 Å². The predicted molar refractivity (Wildman–Crippen MR) is 144 cm³/mol. The van der Waals surface area contributed by atoms with E-state index in [4.69, 9.17) is 4.99 Å². The van der Waals surface area contributed by atoms with E-state index in [1.165, 1.54) is 27.2 Å². The van der Waals surface area contributed by atoms with Crippen LogP contribution in [0.1, 0.15) is 6.42 Å². The van der Waals surface area contributed by atoms with Crippen LogP contribution in [0, 0.1) is 5.92 Å². The lowest BCUT2D eigenvalue weighted by Crippen LogP contribution is -2.06. The number of aliphatic imine (C=N–C) groups is 2. The summed E-state index contributed by atoms with van der Waals surface area (Å²) in [6.07, 6.45) is 14.6. The Morgan fingerprint density at radius 3 is 2.59 bits per heavy atom. The molecule has 4 nitrogen and oxygen atoms in total. The van der Waals surface area contributed by atoms with Crippen LogP contribution in [-0.4, -0.2) is 21.2 Å². The summed E-state index contributed by atoms with van der Waals surface area (Å²) in [6, 6.07) is 25.7. The van der Waals surface area contributed by atoms with Gasteiger partial charge in [-0.1, -0.05) is 61.2 Å². The summed E-state index contributed by atoms with van der Waals surface area (Å²) in [5.41, 5.74) is 4.66. The number of rotatable bonds is 4. The van der Waals surface area contributed by atoms with Gasteiger partial charge < -0.3 is 9.13 Å². The zero-order valence-electron chi connectivity index (χ0n) is 18.8. The molecule has 6 rings (SSSR count). The normalized spacial score (nSPS) is 16.4. The van der Waals surface area contributed by atoms with Gasteiger partial charge in [0.2, 0.25) is 0 Å². The van der Waals surface area contributed by atoms with Gasteiger partial charge in [-0.2, -0.15) is 0 Å². The van der Waals surface area contributed by atoms with Gasteiger partial charge in [-0.05, 0) is 42.8 Å². The number of hydrogen-bond acceptors (Lipinski definition) is 2. The molecule has 0 amide bonds. The van der Waals surface area contributed by atoms with E-state index in [1.54, 1.807) is 6.08 Å². The zero-order chi connectivity index (χ0) is 22.9. The van der Waals surface area contributed by atoms with Crippen LogP contribution in [0.25, 0.3) is 38.4 Å². The lowest BCUT2D eigenvalue weighted by atomic mass is 10.1. The second-order valence-electron chi connectivity index (χ2n) is 8.37. The zero-order valence-corrected chi connectivity index (χ0v) is 18.8. The summed E-state index contributed by atoms with van der Waals surface area (Å²) in [5.74, 6) is 1.12. The second kappa shape index (κ2) is 8.49. The third-order valence-corrected chi connectivity index (χ3v) is 6.39. The largest absolute Gasteiger partial charge is 0.309 e. The minimum Gasteiger partial charge on any atom is -0.309 e. The van der Waals surface area contributed by atoms with E-state index in [1.807, 2.05) is 18.6 Å². The Labute approximate surface area is 198 Å². The standard InChI is InChI=1S/C30H24N4/c1-2-29(32-20-16-22-14-18-31-19-15-22)33-21-17-26-27(33)13-12-25-24-10-6-7-11-28(24)34(30(25)26)23-8-4-3-5-9-23/h2-14,16-22H,1,15H2. The molecule has 0 N–H and O–H groups in total. The van der Waals surface area contributed by atoms with Crippen LogP contribution < -0.4 is 0 Å². The first-order valence-corrected chi connectivity index (χ1v) is 11.5. The Balaban J connectivity index is 1.54. The lowest BCUT2D eigenvalue weighted by molar-refractivity contribution is 0.853. The summed E-state index contributed by atoms with van der Waals surface area (Å²) < 4.78 is 4.47. The van der Waals surface area contributed by atoms with Crippen molar-refractivity contribution in [2.75, 3.05) is 0 Å². The van der Waals surface area contributed by atoms with Gasteiger partial charge in [-0.25, -0.2) is 4.99 Å². The van der Waals surface area contributed by atoms with E-state index in [-0.39, 0.29) is 0 Å². The summed E-state index contributed by atoms with van der Waals surface area (Å²) in [4.78, 5) is 8.86. The fraction of sp³-hybridized carbons (Fsp3) is 0.0667. The Morgan fingerprint density at radius 1 is 0.912 bits per heavy atom. The summed E-state index contributed by atoms with van der Waals surface area (Å²) in [6.45, 7) is 4.03. The number of para-hydroxylation sites is 2. The van der Waals surface area contributed by atoms with Crippen molar-refractivity contribution < 1.29 is 0 Å². The first kappa shape index (κ1) is 20.2. The van der Waals surface area contributed by atoms with Crippen molar-refractivity contribution in [3.05, 3.63) is 116 Å². The van der Waals surface area contributed by atoms with Crippen molar-refractivity contribution in [1.29, 1.82) is 0 Å². The Bertz CT molecular complexity index is 1640. The molecule has 0 radical (unpaired) electrons. The molecule has 4 heteroatoms. The predicted octanol–water partition coefficient (Wildman–Crippen LogP) is 7.29. The van der Waals surface area contributed by atoms with Crippen LogP contribution in [0.4, 0.5) is 0 Å². The highest BCUT2D eigenvalue weighted by Crippen LogP contribution is 2.36. The van der Waals surface area contributed by atoms with Crippen LogP contribution in [0.5, 0.6) is 0 Å². The van der Waals surface area contributed by atoms with Crippen molar-refractivity contribution in [1.82, 2.24) is 9.13 Å². The molecule has 1 aliphatic heterocycles. The molecule has 1 atom stereocenters. The maximum absolute atomic E-state index is 4.73. The molecule has 1 unspecified atom stereocenters.